The zero-order valence-corrected chi connectivity index (χ0v) is 11.0. The fourth-order valence-electron chi connectivity index (χ4n) is 2.39. The van der Waals surface area contributed by atoms with E-state index in [1.165, 1.54) is 12.8 Å². The zero-order chi connectivity index (χ0) is 14.1. The van der Waals surface area contributed by atoms with Gasteiger partial charge in [-0.05, 0) is 11.1 Å². The van der Waals surface area contributed by atoms with Crippen LogP contribution >= 0.6 is 0 Å². The summed E-state index contributed by atoms with van der Waals surface area (Å²) in [5, 5.41) is 0. The van der Waals surface area contributed by atoms with Crippen LogP contribution in [0.3, 0.4) is 0 Å². The van der Waals surface area contributed by atoms with Crippen molar-refractivity contribution in [1.29, 1.82) is 0 Å². The lowest BCUT2D eigenvalue weighted by molar-refractivity contribution is -0.130. The Morgan fingerprint density at radius 1 is 0.650 bits per heavy atom. The van der Waals surface area contributed by atoms with Gasteiger partial charge in [-0.3, -0.25) is 9.59 Å². The van der Waals surface area contributed by atoms with Crippen LogP contribution in [0.5, 0.6) is 0 Å². The normalized spacial score (nSPS) is 15.1. The van der Waals surface area contributed by atoms with Crippen LogP contribution in [0.15, 0.2) is 60.7 Å². The first-order chi connectivity index (χ1) is 9.70. The highest BCUT2D eigenvalue weighted by Gasteiger charge is 2.36. The van der Waals surface area contributed by atoms with E-state index < -0.39 is 0 Å². The molecule has 1 aliphatic heterocycles. The maximum absolute atomic E-state index is 12.3. The SMILES string of the molecule is BN1C(=O)C(c2ccccc2)=C(c2ccccc2)C1=O. The van der Waals surface area contributed by atoms with Crippen LogP contribution in [0.25, 0.3) is 11.1 Å². The summed E-state index contributed by atoms with van der Waals surface area (Å²) in [5.74, 6) is -0.500. The van der Waals surface area contributed by atoms with Gasteiger partial charge in [-0.25, -0.2) is 0 Å². The third kappa shape index (κ3) is 1.86. The summed E-state index contributed by atoms with van der Waals surface area (Å²) in [6.45, 7) is 0. The van der Waals surface area contributed by atoms with E-state index in [-0.39, 0.29) is 11.8 Å². The quantitative estimate of drug-likeness (QED) is 0.607. The molecular formula is C16H12BNO2. The Kier molecular flexibility index (Phi) is 2.99. The molecule has 4 heteroatoms. The van der Waals surface area contributed by atoms with Gasteiger partial charge in [-0.2, -0.15) is 0 Å². The summed E-state index contributed by atoms with van der Waals surface area (Å²) in [6.07, 6.45) is 0. The Morgan fingerprint density at radius 2 is 1.00 bits per heavy atom. The van der Waals surface area contributed by atoms with E-state index in [1.54, 1.807) is 0 Å². The lowest BCUT2D eigenvalue weighted by atomic mass is 9.96. The fraction of sp³-hybridized carbons (Fsp3) is 0. The van der Waals surface area contributed by atoms with Crippen LogP contribution < -0.4 is 0 Å². The van der Waals surface area contributed by atoms with E-state index in [9.17, 15) is 9.59 Å². The van der Waals surface area contributed by atoms with Gasteiger partial charge in [0, 0.05) is 0 Å². The average Bonchev–Trinajstić information content (AvgIpc) is 2.73. The summed E-state index contributed by atoms with van der Waals surface area (Å²) in [6, 6.07) is 18.6. The molecule has 96 valence electrons. The number of rotatable bonds is 2. The Bertz CT molecular complexity index is 646. The van der Waals surface area contributed by atoms with Crippen molar-refractivity contribution in [1.82, 2.24) is 4.81 Å². The van der Waals surface area contributed by atoms with E-state index in [0.717, 1.165) is 11.1 Å². The molecule has 2 aromatic carbocycles. The fourth-order valence-corrected chi connectivity index (χ4v) is 2.39. The molecular weight excluding hydrogens is 249 g/mol. The molecule has 0 spiro atoms. The highest BCUT2D eigenvalue weighted by Crippen LogP contribution is 2.34. The second-order valence-corrected chi connectivity index (χ2v) is 4.65. The highest BCUT2D eigenvalue weighted by molar-refractivity contribution is 6.55. The number of hydrogen-bond donors (Lipinski definition) is 0. The highest BCUT2D eigenvalue weighted by atomic mass is 16.2. The van der Waals surface area contributed by atoms with Crippen molar-refractivity contribution in [2.45, 2.75) is 0 Å². The van der Waals surface area contributed by atoms with Gasteiger partial charge in [0.1, 0.15) is 0 Å². The molecule has 3 rings (SSSR count). The van der Waals surface area contributed by atoms with Crippen LogP contribution in [0.2, 0.25) is 0 Å². The number of carbonyl (C=O) groups is 2. The smallest absolute Gasteiger partial charge is 0.249 e. The monoisotopic (exact) mass is 261 g/mol. The van der Waals surface area contributed by atoms with Crippen molar-refractivity contribution < 1.29 is 9.59 Å². The van der Waals surface area contributed by atoms with E-state index in [1.807, 2.05) is 60.7 Å². The Hall–Kier alpha value is -2.62. The van der Waals surface area contributed by atoms with Crippen LogP contribution in [0.4, 0.5) is 0 Å². The molecule has 0 aromatic heterocycles. The number of amides is 2. The second kappa shape index (κ2) is 4.81. The Balaban J connectivity index is 2.26. The molecule has 20 heavy (non-hydrogen) atoms. The van der Waals surface area contributed by atoms with Crippen molar-refractivity contribution in [3.05, 3.63) is 71.8 Å². The molecule has 0 saturated carbocycles. The van der Waals surface area contributed by atoms with E-state index in [4.69, 9.17) is 0 Å². The first-order valence-electron chi connectivity index (χ1n) is 6.37. The van der Waals surface area contributed by atoms with Gasteiger partial charge in [-0.1, -0.05) is 60.7 Å². The predicted molar refractivity (Wildman–Crippen MR) is 80.1 cm³/mol. The van der Waals surface area contributed by atoms with Gasteiger partial charge in [-0.15, -0.1) is 0 Å². The second-order valence-electron chi connectivity index (χ2n) is 4.65. The minimum Gasteiger partial charge on any atom is -0.328 e. The first kappa shape index (κ1) is 12.4. The molecule has 0 unspecified atom stereocenters. The molecule has 0 atom stereocenters. The summed E-state index contributed by atoms with van der Waals surface area (Å²) < 4.78 is 0. The van der Waals surface area contributed by atoms with Gasteiger partial charge in [0.25, 0.3) is 0 Å². The van der Waals surface area contributed by atoms with Gasteiger partial charge in [0.15, 0.2) is 0 Å². The molecule has 1 heterocycles. The van der Waals surface area contributed by atoms with Crippen LogP contribution in [-0.2, 0) is 9.59 Å². The van der Waals surface area contributed by atoms with Crippen molar-refractivity contribution in [2.24, 2.45) is 0 Å². The molecule has 0 aliphatic carbocycles. The Labute approximate surface area is 118 Å². The molecule has 0 fully saturated rings. The van der Waals surface area contributed by atoms with Crippen molar-refractivity contribution in [3.8, 4) is 0 Å². The summed E-state index contributed by atoms with van der Waals surface area (Å²) in [5.41, 5.74) is 2.50. The number of carbonyl (C=O) groups excluding carboxylic acids is 2. The average molecular weight is 261 g/mol. The standard InChI is InChI=1S/C16H12BNO2/c17-18-15(19)13(11-7-3-1-4-8-11)14(16(18)20)12-9-5-2-6-10-12/h1-10H,17H2. The number of nitrogens with zero attached hydrogens (tertiary/aromatic N) is 1. The lowest BCUT2D eigenvalue weighted by Gasteiger charge is -2.07. The minimum atomic E-state index is -0.250. The summed E-state index contributed by atoms with van der Waals surface area (Å²) >= 11 is 0. The van der Waals surface area contributed by atoms with Crippen molar-refractivity contribution in [3.63, 3.8) is 0 Å². The zero-order valence-electron chi connectivity index (χ0n) is 11.0. The number of benzene rings is 2. The molecule has 0 saturated heterocycles. The summed E-state index contributed by atoms with van der Waals surface area (Å²) in [7, 11) is 1.52. The van der Waals surface area contributed by atoms with E-state index >= 15 is 0 Å². The van der Waals surface area contributed by atoms with Crippen LogP contribution in [-0.4, -0.2) is 24.6 Å². The van der Waals surface area contributed by atoms with Gasteiger partial charge in [0.05, 0.1) is 11.1 Å². The van der Waals surface area contributed by atoms with Gasteiger partial charge < -0.3 is 4.81 Å². The van der Waals surface area contributed by atoms with E-state index in [0.29, 0.717) is 11.1 Å². The molecule has 2 aromatic rings. The first-order valence-corrected chi connectivity index (χ1v) is 6.37. The largest absolute Gasteiger partial charge is 0.328 e. The predicted octanol–water partition coefficient (Wildman–Crippen LogP) is 1.51. The molecule has 1 aliphatic rings. The molecule has 0 bridgehead atoms. The van der Waals surface area contributed by atoms with Crippen molar-refractivity contribution in [2.75, 3.05) is 0 Å². The third-order valence-electron chi connectivity index (χ3n) is 3.41. The maximum atomic E-state index is 12.3. The van der Waals surface area contributed by atoms with Gasteiger partial charge in [0.2, 0.25) is 19.8 Å². The number of hydrogen-bond acceptors (Lipinski definition) is 2. The lowest BCUT2D eigenvalue weighted by Crippen LogP contribution is -2.28. The molecule has 2 amide bonds. The molecule has 3 nitrogen and oxygen atoms in total. The maximum Gasteiger partial charge on any atom is 0.249 e. The molecule has 0 N–H and O–H groups in total. The minimum absolute atomic E-state index is 0.250. The number of imide groups is 1. The molecule has 0 radical (unpaired) electrons. The van der Waals surface area contributed by atoms with Crippen LogP contribution in [0, 0.1) is 0 Å². The summed E-state index contributed by atoms with van der Waals surface area (Å²) in [4.78, 5) is 25.9. The Morgan fingerprint density at radius 3 is 1.35 bits per heavy atom. The van der Waals surface area contributed by atoms with Crippen molar-refractivity contribution >= 4 is 30.9 Å². The van der Waals surface area contributed by atoms with E-state index in [2.05, 4.69) is 0 Å². The van der Waals surface area contributed by atoms with Gasteiger partial charge >= 0.3 is 0 Å². The van der Waals surface area contributed by atoms with Crippen LogP contribution in [0.1, 0.15) is 11.1 Å². The topological polar surface area (TPSA) is 37.4 Å². The third-order valence-corrected chi connectivity index (χ3v) is 3.41.